The van der Waals surface area contributed by atoms with Gasteiger partial charge in [-0.05, 0) is 31.2 Å². The smallest absolute Gasteiger partial charge is 0.211 e. The van der Waals surface area contributed by atoms with Crippen LogP contribution in [0.1, 0.15) is 12.6 Å². The third-order valence-corrected chi connectivity index (χ3v) is 6.39. The van der Waals surface area contributed by atoms with Gasteiger partial charge in [-0.15, -0.1) is 11.3 Å². The molecule has 25 heavy (non-hydrogen) atoms. The Morgan fingerprint density at radius 2 is 1.84 bits per heavy atom. The number of sulfonamides is 1. The molecular formula is C17H23N3O3S2. The summed E-state index contributed by atoms with van der Waals surface area (Å²) in [6.45, 7) is 5.96. The Morgan fingerprint density at radius 3 is 2.44 bits per heavy atom. The first-order valence-electron chi connectivity index (χ1n) is 8.31. The van der Waals surface area contributed by atoms with E-state index in [9.17, 15) is 8.42 Å². The van der Waals surface area contributed by atoms with Crippen LogP contribution in [0.2, 0.25) is 0 Å². The van der Waals surface area contributed by atoms with Crippen LogP contribution >= 0.6 is 11.3 Å². The standard InChI is InChI=1S/C17H23N3O3S2/c1-3-23-16-6-4-14(5-7-16)17-18-15(13-24-17)12-19-8-10-20(11-9-19)25(2,21)22/h4-7,13H,3,8-12H2,1-2H3. The highest BCUT2D eigenvalue weighted by Crippen LogP contribution is 2.26. The number of piperazine rings is 1. The van der Waals surface area contributed by atoms with Crippen LogP contribution in [0, 0.1) is 0 Å². The largest absolute Gasteiger partial charge is 0.494 e. The zero-order chi connectivity index (χ0) is 17.9. The molecule has 1 aromatic heterocycles. The van der Waals surface area contributed by atoms with Crippen molar-refractivity contribution in [2.24, 2.45) is 0 Å². The van der Waals surface area contributed by atoms with Crippen molar-refractivity contribution in [1.29, 1.82) is 0 Å². The lowest BCUT2D eigenvalue weighted by atomic mass is 10.2. The SMILES string of the molecule is CCOc1ccc(-c2nc(CN3CCN(S(C)(=O)=O)CC3)cs2)cc1. The van der Waals surface area contributed by atoms with Gasteiger partial charge in [-0.1, -0.05) is 0 Å². The summed E-state index contributed by atoms with van der Waals surface area (Å²) in [5.74, 6) is 0.867. The first kappa shape index (κ1) is 18.3. The average Bonchev–Trinajstić information content (AvgIpc) is 3.04. The molecule has 0 atom stereocenters. The van der Waals surface area contributed by atoms with Crippen LogP contribution in [-0.2, 0) is 16.6 Å². The van der Waals surface area contributed by atoms with Gasteiger partial charge in [0.15, 0.2) is 0 Å². The van der Waals surface area contributed by atoms with Crippen LogP contribution in [-0.4, -0.2) is 61.6 Å². The Balaban J connectivity index is 1.59. The van der Waals surface area contributed by atoms with Gasteiger partial charge in [0.2, 0.25) is 10.0 Å². The Hall–Kier alpha value is -1.48. The van der Waals surface area contributed by atoms with Crippen molar-refractivity contribution in [1.82, 2.24) is 14.2 Å². The molecule has 136 valence electrons. The van der Waals surface area contributed by atoms with E-state index in [0.717, 1.165) is 41.6 Å². The van der Waals surface area contributed by atoms with Crippen LogP contribution in [0.25, 0.3) is 10.6 Å². The van der Waals surface area contributed by atoms with Crippen LogP contribution < -0.4 is 4.74 Å². The van der Waals surface area contributed by atoms with Crippen molar-refractivity contribution < 1.29 is 13.2 Å². The van der Waals surface area contributed by atoms with E-state index in [1.165, 1.54) is 10.6 Å². The van der Waals surface area contributed by atoms with Gasteiger partial charge in [-0.2, -0.15) is 4.31 Å². The molecule has 0 aliphatic carbocycles. The van der Waals surface area contributed by atoms with E-state index in [1.807, 2.05) is 31.2 Å². The summed E-state index contributed by atoms with van der Waals surface area (Å²) in [5, 5.41) is 3.07. The highest BCUT2D eigenvalue weighted by molar-refractivity contribution is 7.88. The fraction of sp³-hybridized carbons (Fsp3) is 0.471. The van der Waals surface area contributed by atoms with E-state index < -0.39 is 10.0 Å². The van der Waals surface area contributed by atoms with E-state index in [-0.39, 0.29) is 0 Å². The summed E-state index contributed by atoms with van der Waals surface area (Å²) in [7, 11) is -3.08. The van der Waals surface area contributed by atoms with E-state index in [4.69, 9.17) is 9.72 Å². The van der Waals surface area contributed by atoms with Crippen LogP contribution in [0.15, 0.2) is 29.6 Å². The fourth-order valence-corrected chi connectivity index (χ4v) is 4.46. The van der Waals surface area contributed by atoms with Crippen LogP contribution in [0.4, 0.5) is 0 Å². The molecule has 1 aliphatic rings. The van der Waals surface area contributed by atoms with Gasteiger partial charge in [0, 0.05) is 43.7 Å². The maximum atomic E-state index is 11.6. The summed E-state index contributed by atoms with van der Waals surface area (Å²) in [6, 6.07) is 7.98. The van der Waals surface area contributed by atoms with Gasteiger partial charge in [0.25, 0.3) is 0 Å². The topological polar surface area (TPSA) is 62.7 Å². The monoisotopic (exact) mass is 381 g/mol. The molecular weight excluding hydrogens is 358 g/mol. The number of rotatable bonds is 6. The van der Waals surface area contributed by atoms with Crippen molar-refractivity contribution in [2.45, 2.75) is 13.5 Å². The fourth-order valence-electron chi connectivity index (χ4n) is 2.82. The lowest BCUT2D eigenvalue weighted by Crippen LogP contribution is -2.47. The average molecular weight is 382 g/mol. The van der Waals surface area contributed by atoms with E-state index >= 15 is 0 Å². The number of thiazole rings is 1. The number of aromatic nitrogens is 1. The minimum atomic E-state index is -3.08. The first-order valence-corrected chi connectivity index (χ1v) is 11.0. The van der Waals surface area contributed by atoms with Crippen LogP contribution in [0.5, 0.6) is 5.75 Å². The minimum absolute atomic E-state index is 0.550. The first-order chi connectivity index (χ1) is 12.0. The lowest BCUT2D eigenvalue weighted by molar-refractivity contribution is 0.181. The molecule has 0 unspecified atom stereocenters. The molecule has 2 heterocycles. The third kappa shape index (κ3) is 4.78. The second-order valence-electron chi connectivity index (χ2n) is 6.04. The molecule has 0 bridgehead atoms. The van der Waals surface area contributed by atoms with Gasteiger partial charge in [-0.3, -0.25) is 4.90 Å². The van der Waals surface area contributed by atoms with Gasteiger partial charge >= 0.3 is 0 Å². The van der Waals surface area contributed by atoms with E-state index in [2.05, 4.69) is 10.3 Å². The van der Waals surface area contributed by atoms with Crippen molar-refractivity contribution in [2.75, 3.05) is 39.0 Å². The van der Waals surface area contributed by atoms with Gasteiger partial charge in [-0.25, -0.2) is 13.4 Å². The summed E-state index contributed by atoms with van der Waals surface area (Å²) in [4.78, 5) is 6.97. The Kier molecular flexibility index (Phi) is 5.73. The predicted octanol–water partition coefficient (Wildman–Crippen LogP) is 2.29. The molecule has 0 radical (unpaired) electrons. The Bertz CT molecular complexity index is 795. The summed E-state index contributed by atoms with van der Waals surface area (Å²) in [6.07, 6.45) is 1.27. The third-order valence-electron chi connectivity index (χ3n) is 4.15. The molecule has 0 saturated carbocycles. The van der Waals surface area contributed by atoms with Crippen LogP contribution in [0.3, 0.4) is 0 Å². The molecule has 3 rings (SSSR count). The second kappa shape index (κ2) is 7.82. The summed E-state index contributed by atoms with van der Waals surface area (Å²) in [5.41, 5.74) is 2.11. The molecule has 2 aromatic rings. The molecule has 8 heteroatoms. The van der Waals surface area contributed by atoms with Crippen molar-refractivity contribution in [3.63, 3.8) is 0 Å². The number of hydrogen-bond donors (Lipinski definition) is 0. The zero-order valence-electron chi connectivity index (χ0n) is 14.5. The zero-order valence-corrected chi connectivity index (χ0v) is 16.1. The van der Waals surface area contributed by atoms with Crippen molar-refractivity contribution in [3.8, 4) is 16.3 Å². The number of nitrogens with zero attached hydrogens (tertiary/aromatic N) is 3. The van der Waals surface area contributed by atoms with Gasteiger partial charge < -0.3 is 4.74 Å². The summed E-state index contributed by atoms with van der Waals surface area (Å²) >= 11 is 1.63. The molecule has 0 amide bonds. The Labute approximate surface area is 153 Å². The molecule has 0 N–H and O–H groups in total. The Morgan fingerprint density at radius 1 is 1.16 bits per heavy atom. The normalized spacial score (nSPS) is 16.9. The van der Waals surface area contributed by atoms with Crippen molar-refractivity contribution in [3.05, 3.63) is 35.3 Å². The number of benzene rings is 1. The second-order valence-corrected chi connectivity index (χ2v) is 8.88. The summed E-state index contributed by atoms with van der Waals surface area (Å²) < 4.78 is 30.1. The van der Waals surface area contributed by atoms with Gasteiger partial charge in [0.05, 0.1) is 18.6 Å². The number of ether oxygens (including phenoxy) is 1. The number of hydrogen-bond acceptors (Lipinski definition) is 6. The highest BCUT2D eigenvalue weighted by Gasteiger charge is 2.23. The van der Waals surface area contributed by atoms with Gasteiger partial charge in [0.1, 0.15) is 10.8 Å². The molecule has 1 aliphatic heterocycles. The highest BCUT2D eigenvalue weighted by atomic mass is 32.2. The van der Waals surface area contributed by atoms with E-state index in [1.54, 1.807) is 11.3 Å². The lowest BCUT2D eigenvalue weighted by Gasteiger charge is -2.32. The maximum absolute atomic E-state index is 11.6. The molecule has 1 aromatic carbocycles. The molecule has 1 fully saturated rings. The molecule has 1 saturated heterocycles. The molecule has 0 spiro atoms. The maximum Gasteiger partial charge on any atom is 0.211 e. The minimum Gasteiger partial charge on any atom is -0.494 e. The van der Waals surface area contributed by atoms with Crippen molar-refractivity contribution >= 4 is 21.4 Å². The predicted molar refractivity (Wildman–Crippen MR) is 100 cm³/mol. The van der Waals surface area contributed by atoms with E-state index in [0.29, 0.717) is 19.7 Å². The quantitative estimate of drug-likeness (QED) is 0.768. The molecule has 6 nitrogen and oxygen atoms in total.